The van der Waals surface area contributed by atoms with Gasteiger partial charge < -0.3 is 10.2 Å². The summed E-state index contributed by atoms with van der Waals surface area (Å²) in [4.78, 5) is 45.0. The van der Waals surface area contributed by atoms with Gasteiger partial charge in [0.05, 0.1) is 23.9 Å². The molecule has 1 aliphatic heterocycles. The molecule has 3 aromatic rings. The molecule has 0 fully saturated rings. The number of nitrogens with two attached hydrogens (primary N) is 1. The van der Waals surface area contributed by atoms with E-state index in [1.807, 2.05) is 0 Å². The Kier molecular flexibility index (Phi) is 6.95. The van der Waals surface area contributed by atoms with Crippen molar-refractivity contribution in [2.45, 2.75) is 25.0 Å². The van der Waals surface area contributed by atoms with Gasteiger partial charge in [-0.05, 0) is 42.8 Å². The maximum absolute atomic E-state index is 14.8. The third-order valence-electron chi connectivity index (χ3n) is 6.00. The molecule has 2 atom stereocenters. The predicted molar refractivity (Wildman–Crippen MR) is 131 cm³/mol. The fourth-order valence-electron chi connectivity index (χ4n) is 4.22. The zero-order valence-electron chi connectivity index (χ0n) is 20.0. The van der Waals surface area contributed by atoms with Gasteiger partial charge in [-0.3, -0.25) is 20.1 Å². The van der Waals surface area contributed by atoms with Gasteiger partial charge in [-0.2, -0.15) is 0 Å². The first kappa shape index (κ1) is 25.8. The van der Waals surface area contributed by atoms with E-state index in [-0.39, 0.29) is 16.8 Å². The van der Waals surface area contributed by atoms with Crippen LogP contribution >= 0.6 is 0 Å². The number of hydrogen-bond donors (Lipinski definition) is 2. The maximum Gasteiger partial charge on any atom is 0.277 e. The highest BCUT2D eigenvalue weighted by Crippen LogP contribution is 2.31. The highest BCUT2D eigenvalue weighted by atomic mass is 19.1. The van der Waals surface area contributed by atoms with Gasteiger partial charge in [0.15, 0.2) is 0 Å². The van der Waals surface area contributed by atoms with Crippen LogP contribution in [0.4, 0.5) is 18.9 Å². The molecular weight excluding hydrogens is 485 g/mol. The minimum atomic E-state index is -2.51. The van der Waals surface area contributed by atoms with Crippen molar-refractivity contribution in [1.82, 2.24) is 5.32 Å². The lowest BCUT2D eigenvalue weighted by atomic mass is 9.97. The number of para-hydroxylation sites is 1. The SMILES string of the molecule is C[C@H](NC(=O)Cc1cc(F)cc(F)c1)C(=O)C1(N)N=C(c2ccccc2F)c2ccccc2N(C)C1=O. The van der Waals surface area contributed by atoms with Gasteiger partial charge in [0, 0.05) is 24.2 Å². The van der Waals surface area contributed by atoms with Crippen LogP contribution in [0.25, 0.3) is 0 Å². The number of halogens is 3. The van der Waals surface area contributed by atoms with Crippen LogP contribution in [0.1, 0.15) is 23.6 Å². The molecule has 4 rings (SSSR count). The summed E-state index contributed by atoms with van der Waals surface area (Å²) >= 11 is 0. The molecule has 1 aliphatic rings. The summed E-state index contributed by atoms with van der Waals surface area (Å²) in [5.41, 5.74) is 4.68. The van der Waals surface area contributed by atoms with E-state index < -0.39 is 53.2 Å². The number of rotatable bonds is 6. The third kappa shape index (κ3) is 5.01. The normalized spacial score (nSPS) is 17.9. The average molecular weight is 509 g/mol. The summed E-state index contributed by atoms with van der Waals surface area (Å²) in [6.45, 7) is 1.31. The predicted octanol–water partition coefficient (Wildman–Crippen LogP) is 2.89. The smallest absolute Gasteiger partial charge is 0.277 e. The molecule has 37 heavy (non-hydrogen) atoms. The molecule has 2 amide bonds. The van der Waals surface area contributed by atoms with Crippen LogP contribution in [-0.4, -0.2) is 42.1 Å². The molecule has 0 saturated heterocycles. The number of ketones is 1. The van der Waals surface area contributed by atoms with Crippen LogP contribution in [-0.2, 0) is 20.8 Å². The number of hydrogen-bond acceptors (Lipinski definition) is 5. The number of amides is 2. The van der Waals surface area contributed by atoms with E-state index in [2.05, 4.69) is 10.3 Å². The van der Waals surface area contributed by atoms with Gasteiger partial charge in [-0.15, -0.1) is 0 Å². The minimum absolute atomic E-state index is 0.00369. The Morgan fingerprint density at radius 1 is 1.00 bits per heavy atom. The lowest BCUT2D eigenvalue weighted by Gasteiger charge is -2.28. The fraction of sp³-hybridized carbons (Fsp3) is 0.185. The monoisotopic (exact) mass is 508 g/mol. The van der Waals surface area contributed by atoms with E-state index in [9.17, 15) is 27.6 Å². The molecule has 1 unspecified atom stereocenters. The molecule has 0 aliphatic carbocycles. The summed E-state index contributed by atoms with van der Waals surface area (Å²) in [5, 5.41) is 2.41. The molecule has 3 aromatic carbocycles. The highest BCUT2D eigenvalue weighted by molar-refractivity contribution is 6.26. The molecule has 1 heterocycles. The van der Waals surface area contributed by atoms with Crippen LogP contribution in [0.3, 0.4) is 0 Å². The van der Waals surface area contributed by atoms with Crippen molar-refractivity contribution < 1.29 is 27.6 Å². The Morgan fingerprint density at radius 2 is 1.59 bits per heavy atom. The quantitative estimate of drug-likeness (QED) is 0.500. The maximum atomic E-state index is 14.8. The summed E-state index contributed by atoms with van der Waals surface area (Å²) < 4.78 is 41.8. The van der Waals surface area contributed by atoms with E-state index in [0.29, 0.717) is 17.3 Å². The van der Waals surface area contributed by atoms with Crippen molar-refractivity contribution >= 4 is 29.0 Å². The number of carbonyl (C=O) groups excluding carboxylic acids is 3. The second kappa shape index (κ2) is 9.98. The molecular formula is C27H23F3N4O3. The number of benzodiazepines with no additional fused rings is 1. The number of anilines is 1. The molecule has 7 nitrogen and oxygen atoms in total. The van der Waals surface area contributed by atoms with Crippen LogP contribution in [0.2, 0.25) is 0 Å². The van der Waals surface area contributed by atoms with E-state index in [4.69, 9.17) is 5.73 Å². The summed E-state index contributed by atoms with van der Waals surface area (Å²) in [7, 11) is 1.41. The van der Waals surface area contributed by atoms with Crippen molar-refractivity contribution in [3.05, 3.63) is 101 Å². The van der Waals surface area contributed by atoms with E-state index in [0.717, 1.165) is 17.0 Å². The minimum Gasteiger partial charge on any atom is -0.346 e. The van der Waals surface area contributed by atoms with Crippen molar-refractivity contribution in [2.75, 3.05) is 11.9 Å². The zero-order valence-corrected chi connectivity index (χ0v) is 20.0. The first-order chi connectivity index (χ1) is 17.5. The summed E-state index contributed by atoms with van der Waals surface area (Å²) in [6.07, 6.45) is -0.424. The van der Waals surface area contributed by atoms with Crippen LogP contribution in [0, 0.1) is 17.5 Å². The molecule has 0 radical (unpaired) electrons. The van der Waals surface area contributed by atoms with Crippen LogP contribution < -0.4 is 16.0 Å². The highest BCUT2D eigenvalue weighted by Gasteiger charge is 2.49. The molecule has 0 aromatic heterocycles. The molecule has 0 bridgehead atoms. The number of carbonyl (C=O) groups is 3. The Bertz CT molecular complexity index is 1420. The van der Waals surface area contributed by atoms with Gasteiger partial charge in [-0.1, -0.05) is 30.3 Å². The van der Waals surface area contributed by atoms with E-state index >= 15 is 0 Å². The van der Waals surface area contributed by atoms with Crippen LogP contribution in [0.15, 0.2) is 71.7 Å². The van der Waals surface area contributed by atoms with E-state index in [1.165, 1.54) is 32.2 Å². The van der Waals surface area contributed by atoms with Crippen molar-refractivity contribution in [3.63, 3.8) is 0 Å². The lowest BCUT2D eigenvalue weighted by molar-refractivity contribution is -0.136. The largest absolute Gasteiger partial charge is 0.346 e. The lowest BCUT2D eigenvalue weighted by Crippen LogP contribution is -2.63. The Labute approximate surface area is 210 Å². The number of Topliss-reactive ketones (excluding diaryl/α,β-unsaturated/α-hetero) is 1. The topological polar surface area (TPSA) is 105 Å². The number of likely N-dealkylation sites (N-methyl/N-ethyl adjacent to an activating group) is 1. The van der Waals surface area contributed by atoms with Crippen molar-refractivity contribution in [3.8, 4) is 0 Å². The summed E-state index contributed by atoms with van der Waals surface area (Å²) in [6, 6.07) is 13.7. The standard InChI is InChI=1S/C27H23F3N4O3/c1-15(32-23(35)13-16-11-17(28)14-18(29)12-16)25(36)27(31)26(37)34(2)22-10-6-4-8-20(22)24(33-27)19-7-3-5-9-21(19)30/h3-12,14-15H,13,31H2,1-2H3,(H,32,35)/t15-,27?/m0/s1. The van der Waals surface area contributed by atoms with Gasteiger partial charge in [-0.25, -0.2) is 18.2 Å². The second-order valence-corrected chi connectivity index (χ2v) is 8.70. The van der Waals surface area contributed by atoms with Gasteiger partial charge in [0.2, 0.25) is 17.4 Å². The first-order valence-corrected chi connectivity index (χ1v) is 11.3. The zero-order chi connectivity index (χ0) is 26.9. The summed E-state index contributed by atoms with van der Waals surface area (Å²) in [5.74, 6) is -4.91. The van der Waals surface area contributed by atoms with Crippen molar-refractivity contribution in [1.29, 1.82) is 0 Å². The van der Waals surface area contributed by atoms with Gasteiger partial charge in [0.25, 0.3) is 5.91 Å². The molecule has 0 saturated carbocycles. The molecule has 3 N–H and O–H groups in total. The Balaban J connectivity index is 1.70. The van der Waals surface area contributed by atoms with Gasteiger partial charge in [0.1, 0.15) is 17.5 Å². The number of nitrogens with one attached hydrogen (secondary N) is 1. The van der Waals surface area contributed by atoms with Crippen molar-refractivity contribution in [2.24, 2.45) is 10.7 Å². The average Bonchev–Trinajstić information content (AvgIpc) is 2.93. The van der Waals surface area contributed by atoms with Crippen LogP contribution in [0.5, 0.6) is 0 Å². The molecule has 0 spiro atoms. The van der Waals surface area contributed by atoms with E-state index in [1.54, 1.807) is 30.3 Å². The first-order valence-electron chi connectivity index (χ1n) is 11.3. The molecule has 190 valence electrons. The fourth-order valence-corrected chi connectivity index (χ4v) is 4.22. The number of nitrogens with zero attached hydrogens (tertiary/aromatic N) is 2. The third-order valence-corrected chi connectivity index (χ3v) is 6.00. The Morgan fingerprint density at radius 3 is 2.24 bits per heavy atom. The Hall–Kier alpha value is -4.31. The number of benzene rings is 3. The number of aliphatic imine (C=N–C) groups is 1. The van der Waals surface area contributed by atoms with Gasteiger partial charge >= 0.3 is 0 Å². The second-order valence-electron chi connectivity index (χ2n) is 8.70. The molecule has 10 heteroatoms. The number of fused-ring (bicyclic) bond motifs is 1.